The van der Waals surface area contributed by atoms with E-state index in [0.717, 1.165) is 33.0 Å². The Kier molecular flexibility index (Phi) is 4.15. The van der Waals surface area contributed by atoms with Crippen LogP contribution in [0, 0.1) is 0 Å². The Bertz CT molecular complexity index is 540. The van der Waals surface area contributed by atoms with Gasteiger partial charge in [0.1, 0.15) is 0 Å². The summed E-state index contributed by atoms with van der Waals surface area (Å²) in [4.78, 5) is 2.13. The molecule has 0 heterocycles. The van der Waals surface area contributed by atoms with E-state index in [1.807, 2.05) is 49.5 Å². The third kappa shape index (κ3) is 3.18. The van der Waals surface area contributed by atoms with E-state index in [1.165, 1.54) is 0 Å². The maximum atomic E-state index is 6.21. The van der Waals surface area contributed by atoms with Crippen molar-refractivity contribution in [1.82, 2.24) is 0 Å². The van der Waals surface area contributed by atoms with Crippen molar-refractivity contribution in [2.45, 2.75) is 6.54 Å². The summed E-state index contributed by atoms with van der Waals surface area (Å²) < 4.78 is 0.992. The predicted octanol–water partition coefficient (Wildman–Crippen LogP) is 4.32. The van der Waals surface area contributed by atoms with Crippen LogP contribution in [-0.4, -0.2) is 7.05 Å². The Morgan fingerprint density at radius 3 is 2.44 bits per heavy atom. The van der Waals surface area contributed by atoms with Gasteiger partial charge in [0.25, 0.3) is 0 Å². The number of nitrogens with zero attached hydrogens (tertiary/aromatic N) is 1. The number of nitrogens with two attached hydrogens (primary N) is 1. The Morgan fingerprint density at radius 2 is 1.83 bits per heavy atom. The number of rotatable bonds is 3. The molecule has 2 N–H and O–H groups in total. The van der Waals surface area contributed by atoms with E-state index < -0.39 is 0 Å². The maximum absolute atomic E-state index is 6.21. The first-order valence-electron chi connectivity index (χ1n) is 5.57. The Balaban J connectivity index is 2.15. The standard InChI is InChI=1S/C14H14BrClN2/c1-18(13-6-4-12(17)5-7-13)9-10-2-3-11(15)8-14(10)16/h2-8H,9,17H2,1H3. The van der Waals surface area contributed by atoms with Gasteiger partial charge in [-0.3, -0.25) is 0 Å². The number of hydrogen-bond donors (Lipinski definition) is 1. The average molecular weight is 326 g/mol. The highest BCUT2D eigenvalue weighted by molar-refractivity contribution is 9.10. The normalized spacial score (nSPS) is 10.4. The molecule has 0 fully saturated rings. The van der Waals surface area contributed by atoms with E-state index in [-0.39, 0.29) is 0 Å². The van der Waals surface area contributed by atoms with Crippen LogP contribution in [0.5, 0.6) is 0 Å². The van der Waals surface area contributed by atoms with Crippen molar-refractivity contribution in [2.24, 2.45) is 0 Å². The summed E-state index contributed by atoms with van der Waals surface area (Å²) in [5.74, 6) is 0. The topological polar surface area (TPSA) is 29.3 Å². The molecule has 0 atom stereocenters. The largest absolute Gasteiger partial charge is 0.399 e. The molecule has 0 aliphatic rings. The van der Waals surface area contributed by atoms with Crippen LogP contribution in [0.25, 0.3) is 0 Å². The van der Waals surface area contributed by atoms with Gasteiger partial charge in [0.2, 0.25) is 0 Å². The van der Waals surface area contributed by atoms with Gasteiger partial charge in [-0.1, -0.05) is 33.6 Å². The zero-order chi connectivity index (χ0) is 13.1. The molecule has 0 radical (unpaired) electrons. The van der Waals surface area contributed by atoms with Crippen LogP contribution in [0.3, 0.4) is 0 Å². The highest BCUT2D eigenvalue weighted by atomic mass is 79.9. The second-order valence-corrected chi connectivity index (χ2v) is 5.51. The minimum atomic E-state index is 0.760. The lowest BCUT2D eigenvalue weighted by Crippen LogP contribution is -2.16. The predicted molar refractivity (Wildman–Crippen MR) is 82.1 cm³/mol. The first kappa shape index (κ1) is 13.2. The fourth-order valence-electron chi connectivity index (χ4n) is 1.73. The molecule has 0 amide bonds. The molecular formula is C14H14BrClN2. The van der Waals surface area contributed by atoms with E-state index in [2.05, 4.69) is 20.8 Å². The number of hydrogen-bond acceptors (Lipinski definition) is 2. The summed E-state index contributed by atoms with van der Waals surface area (Å²) in [6.45, 7) is 0.760. The molecule has 0 saturated heterocycles. The van der Waals surface area contributed by atoms with E-state index in [4.69, 9.17) is 17.3 Å². The molecule has 2 aromatic rings. The van der Waals surface area contributed by atoms with Gasteiger partial charge in [-0.25, -0.2) is 0 Å². The summed E-state index contributed by atoms with van der Waals surface area (Å²) in [5.41, 5.74) is 8.66. The van der Waals surface area contributed by atoms with Gasteiger partial charge in [-0.05, 0) is 42.0 Å². The van der Waals surface area contributed by atoms with Crippen molar-refractivity contribution < 1.29 is 0 Å². The molecule has 0 bridgehead atoms. The fraction of sp³-hybridized carbons (Fsp3) is 0.143. The molecule has 2 nitrogen and oxygen atoms in total. The monoisotopic (exact) mass is 324 g/mol. The lowest BCUT2D eigenvalue weighted by atomic mass is 10.2. The molecule has 2 rings (SSSR count). The van der Waals surface area contributed by atoms with Crippen LogP contribution in [0.1, 0.15) is 5.56 Å². The summed E-state index contributed by atoms with van der Waals surface area (Å²) in [5, 5.41) is 0.770. The number of benzene rings is 2. The molecule has 0 aromatic heterocycles. The molecular weight excluding hydrogens is 312 g/mol. The van der Waals surface area contributed by atoms with Crippen molar-refractivity contribution in [1.29, 1.82) is 0 Å². The third-order valence-corrected chi connectivity index (χ3v) is 3.60. The molecule has 4 heteroatoms. The Morgan fingerprint density at radius 1 is 1.17 bits per heavy atom. The van der Waals surface area contributed by atoms with Gasteiger partial charge < -0.3 is 10.6 Å². The Labute approximate surface area is 120 Å². The van der Waals surface area contributed by atoms with Crippen LogP contribution >= 0.6 is 27.5 Å². The highest BCUT2D eigenvalue weighted by Crippen LogP contribution is 2.24. The molecule has 2 aromatic carbocycles. The van der Waals surface area contributed by atoms with Crippen LogP contribution in [-0.2, 0) is 6.54 Å². The summed E-state index contributed by atoms with van der Waals surface area (Å²) >= 11 is 9.61. The lowest BCUT2D eigenvalue weighted by molar-refractivity contribution is 0.923. The average Bonchev–Trinajstić information content (AvgIpc) is 2.33. The summed E-state index contributed by atoms with van der Waals surface area (Å²) in [6.07, 6.45) is 0. The Hall–Kier alpha value is -1.19. The minimum absolute atomic E-state index is 0.760. The quantitative estimate of drug-likeness (QED) is 0.852. The molecule has 0 unspecified atom stereocenters. The number of halogens is 2. The van der Waals surface area contributed by atoms with Crippen molar-refractivity contribution in [3.05, 3.63) is 57.5 Å². The smallest absolute Gasteiger partial charge is 0.0467 e. The van der Waals surface area contributed by atoms with E-state index in [1.54, 1.807) is 0 Å². The highest BCUT2D eigenvalue weighted by Gasteiger charge is 2.06. The molecule has 0 spiro atoms. The second-order valence-electron chi connectivity index (χ2n) is 4.18. The van der Waals surface area contributed by atoms with Gasteiger partial charge in [0.15, 0.2) is 0 Å². The van der Waals surface area contributed by atoms with Crippen LogP contribution < -0.4 is 10.6 Å². The first-order valence-corrected chi connectivity index (χ1v) is 6.74. The van der Waals surface area contributed by atoms with Crippen LogP contribution in [0.2, 0.25) is 5.02 Å². The van der Waals surface area contributed by atoms with Gasteiger partial charge in [-0.2, -0.15) is 0 Å². The lowest BCUT2D eigenvalue weighted by Gasteiger charge is -2.20. The molecule has 0 aliphatic carbocycles. The van der Waals surface area contributed by atoms with E-state index in [9.17, 15) is 0 Å². The third-order valence-electron chi connectivity index (χ3n) is 2.76. The molecule has 18 heavy (non-hydrogen) atoms. The van der Waals surface area contributed by atoms with Gasteiger partial charge in [0.05, 0.1) is 0 Å². The SMILES string of the molecule is CN(Cc1ccc(Br)cc1Cl)c1ccc(N)cc1. The van der Waals surface area contributed by atoms with Gasteiger partial charge >= 0.3 is 0 Å². The van der Waals surface area contributed by atoms with Crippen molar-refractivity contribution in [3.63, 3.8) is 0 Å². The van der Waals surface area contributed by atoms with Crippen LogP contribution in [0.4, 0.5) is 11.4 Å². The van der Waals surface area contributed by atoms with Gasteiger partial charge in [-0.15, -0.1) is 0 Å². The minimum Gasteiger partial charge on any atom is -0.399 e. The van der Waals surface area contributed by atoms with Crippen molar-refractivity contribution in [3.8, 4) is 0 Å². The van der Waals surface area contributed by atoms with Gasteiger partial charge in [0, 0.05) is 34.5 Å². The van der Waals surface area contributed by atoms with E-state index >= 15 is 0 Å². The molecule has 0 aliphatic heterocycles. The number of nitrogen functional groups attached to an aromatic ring is 1. The van der Waals surface area contributed by atoms with Crippen molar-refractivity contribution in [2.75, 3.05) is 17.7 Å². The van der Waals surface area contributed by atoms with E-state index in [0.29, 0.717) is 0 Å². The number of anilines is 2. The summed E-state index contributed by atoms with van der Waals surface area (Å²) in [7, 11) is 2.03. The molecule has 94 valence electrons. The van der Waals surface area contributed by atoms with Crippen molar-refractivity contribution >= 4 is 38.9 Å². The first-order chi connectivity index (χ1) is 8.56. The summed E-state index contributed by atoms with van der Waals surface area (Å²) in [6, 6.07) is 13.7. The second kappa shape index (κ2) is 5.63. The molecule has 0 saturated carbocycles. The maximum Gasteiger partial charge on any atom is 0.0467 e. The zero-order valence-electron chi connectivity index (χ0n) is 10.0. The zero-order valence-corrected chi connectivity index (χ0v) is 12.4. The fourth-order valence-corrected chi connectivity index (χ4v) is 2.46. The van der Waals surface area contributed by atoms with Crippen LogP contribution in [0.15, 0.2) is 46.9 Å².